The van der Waals surface area contributed by atoms with Crippen molar-refractivity contribution in [2.75, 3.05) is 13.1 Å². The van der Waals surface area contributed by atoms with Crippen molar-refractivity contribution in [3.05, 3.63) is 11.8 Å². The molecular weight excluding hydrogens is 226 g/mol. The van der Waals surface area contributed by atoms with Crippen molar-refractivity contribution in [1.82, 2.24) is 4.90 Å². The molecule has 0 aromatic heterocycles. The Morgan fingerprint density at radius 1 is 1.39 bits per heavy atom. The van der Waals surface area contributed by atoms with Gasteiger partial charge in [0.2, 0.25) is 0 Å². The maximum atomic E-state index is 12.1. The highest BCUT2D eigenvalue weighted by atomic mass is 16.5. The van der Waals surface area contributed by atoms with E-state index in [-0.39, 0.29) is 11.9 Å². The lowest BCUT2D eigenvalue weighted by molar-refractivity contribution is -0.146. The molecule has 1 unspecified atom stereocenters. The van der Waals surface area contributed by atoms with Crippen molar-refractivity contribution in [3.8, 4) is 0 Å². The summed E-state index contributed by atoms with van der Waals surface area (Å²) in [4.78, 5) is 14.5. The second-order valence-electron chi connectivity index (χ2n) is 5.77. The number of carbonyl (C=O) groups excluding carboxylic acids is 1. The Labute approximate surface area is 110 Å². The van der Waals surface area contributed by atoms with Gasteiger partial charge in [0.1, 0.15) is 5.76 Å². The van der Waals surface area contributed by atoms with E-state index in [1.54, 1.807) is 0 Å². The number of hydrogen-bond acceptors (Lipinski definition) is 3. The van der Waals surface area contributed by atoms with Crippen LogP contribution in [0, 0.1) is 5.92 Å². The van der Waals surface area contributed by atoms with Gasteiger partial charge < -0.3 is 9.64 Å². The highest BCUT2D eigenvalue weighted by molar-refractivity contribution is 5.74. The number of piperidine rings is 1. The molecule has 0 aromatic rings. The van der Waals surface area contributed by atoms with E-state index in [4.69, 9.17) is 4.74 Å². The van der Waals surface area contributed by atoms with Crippen LogP contribution in [0.25, 0.3) is 0 Å². The van der Waals surface area contributed by atoms with Crippen LogP contribution in [0.3, 0.4) is 0 Å². The van der Waals surface area contributed by atoms with Gasteiger partial charge in [0.05, 0.1) is 5.92 Å². The molecule has 0 spiro atoms. The summed E-state index contributed by atoms with van der Waals surface area (Å²) in [5, 5.41) is 0. The normalized spacial score (nSPS) is 25.9. The molecule has 0 amide bonds. The minimum absolute atomic E-state index is 0.00602. The van der Waals surface area contributed by atoms with Gasteiger partial charge in [-0.2, -0.15) is 0 Å². The highest BCUT2D eigenvalue weighted by Crippen LogP contribution is 2.23. The quantitative estimate of drug-likeness (QED) is 0.722. The van der Waals surface area contributed by atoms with E-state index < -0.39 is 0 Å². The van der Waals surface area contributed by atoms with Gasteiger partial charge in [-0.3, -0.25) is 4.79 Å². The fourth-order valence-corrected chi connectivity index (χ4v) is 2.78. The van der Waals surface area contributed by atoms with Crippen LogP contribution in [0.5, 0.6) is 0 Å². The SMILES string of the molecule is CC(C)N1CCCC(C(=O)OC2=CCCCC2)C1. The van der Waals surface area contributed by atoms with Gasteiger partial charge in [0, 0.05) is 19.0 Å². The standard InChI is InChI=1S/C15H25NO2/c1-12(2)16-10-6-7-13(11-16)15(17)18-14-8-4-3-5-9-14/h8,12-13H,3-7,9-11H2,1-2H3. The fraction of sp³-hybridized carbons (Fsp3) is 0.800. The summed E-state index contributed by atoms with van der Waals surface area (Å²) < 4.78 is 5.55. The minimum Gasteiger partial charge on any atom is -0.431 e. The summed E-state index contributed by atoms with van der Waals surface area (Å²) in [7, 11) is 0. The molecule has 1 aliphatic heterocycles. The lowest BCUT2D eigenvalue weighted by Gasteiger charge is -2.34. The fourth-order valence-electron chi connectivity index (χ4n) is 2.78. The first-order valence-corrected chi connectivity index (χ1v) is 7.31. The van der Waals surface area contributed by atoms with Gasteiger partial charge in [-0.25, -0.2) is 0 Å². The van der Waals surface area contributed by atoms with Crippen LogP contribution in [0.1, 0.15) is 52.4 Å². The molecule has 0 N–H and O–H groups in total. The molecule has 2 aliphatic rings. The van der Waals surface area contributed by atoms with Crippen molar-refractivity contribution >= 4 is 5.97 Å². The van der Waals surface area contributed by atoms with E-state index in [1.807, 2.05) is 0 Å². The van der Waals surface area contributed by atoms with Gasteiger partial charge >= 0.3 is 5.97 Å². The largest absolute Gasteiger partial charge is 0.431 e. The Balaban J connectivity index is 1.86. The van der Waals surface area contributed by atoms with Crippen LogP contribution in [-0.4, -0.2) is 30.0 Å². The first-order chi connectivity index (χ1) is 8.66. The van der Waals surface area contributed by atoms with Gasteiger partial charge in [-0.05, 0) is 58.6 Å². The molecule has 1 aliphatic carbocycles. The number of rotatable bonds is 3. The molecular formula is C15H25NO2. The molecule has 1 saturated heterocycles. The van der Waals surface area contributed by atoms with E-state index in [0.29, 0.717) is 6.04 Å². The van der Waals surface area contributed by atoms with Crippen LogP contribution < -0.4 is 0 Å². The predicted molar refractivity (Wildman–Crippen MR) is 72.1 cm³/mol. The third kappa shape index (κ3) is 3.58. The van der Waals surface area contributed by atoms with Crippen molar-refractivity contribution in [2.45, 2.75) is 58.4 Å². The molecule has 1 atom stereocenters. The number of nitrogens with zero attached hydrogens (tertiary/aromatic N) is 1. The van der Waals surface area contributed by atoms with Gasteiger partial charge in [0.15, 0.2) is 0 Å². The number of esters is 1. The van der Waals surface area contributed by atoms with Crippen molar-refractivity contribution < 1.29 is 9.53 Å². The number of hydrogen-bond donors (Lipinski definition) is 0. The van der Waals surface area contributed by atoms with Gasteiger partial charge in [-0.15, -0.1) is 0 Å². The van der Waals surface area contributed by atoms with E-state index >= 15 is 0 Å². The first-order valence-electron chi connectivity index (χ1n) is 7.31. The summed E-state index contributed by atoms with van der Waals surface area (Å²) in [6.45, 7) is 6.36. The maximum absolute atomic E-state index is 12.1. The molecule has 3 heteroatoms. The van der Waals surface area contributed by atoms with Crippen LogP contribution in [0.15, 0.2) is 11.8 Å². The number of allylic oxidation sites excluding steroid dienone is 2. The van der Waals surface area contributed by atoms with Crippen molar-refractivity contribution in [3.63, 3.8) is 0 Å². The third-order valence-electron chi connectivity index (χ3n) is 4.00. The van der Waals surface area contributed by atoms with Crippen LogP contribution in [0.2, 0.25) is 0 Å². The van der Waals surface area contributed by atoms with E-state index in [9.17, 15) is 4.79 Å². The monoisotopic (exact) mass is 251 g/mol. The highest BCUT2D eigenvalue weighted by Gasteiger charge is 2.28. The number of carbonyl (C=O) groups is 1. The lowest BCUT2D eigenvalue weighted by atomic mass is 9.97. The molecule has 0 radical (unpaired) electrons. The number of ether oxygens (including phenoxy) is 1. The molecule has 0 saturated carbocycles. The predicted octanol–water partition coefficient (Wildman–Crippen LogP) is 3.11. The van der Waals surface area contributed by atoms with E-state index in [0.717, 1.165) is 51.0 Å². The average molecular weight is 251 g/mol. The second-order valence-corrected chi connectivity index (χ2v) is 5.77. The van der Waals surface area contributed by atoms with E-state index in [2.05, 4.69) is 24.8 Å². The Hall–Kier alpha value is -0.830. The molecule has 1 heterocycles. The molecule has 2 rings (SSSR count). The maximum Gasteiger partial charge on any atom is 0.315 e. The average Bonchev–Trinajstić information content (AvgIpc) is 2.40. The Bertz CT molecular complexity index is 322. The lowest BCUT2D eigenvalue weighted by Crippen LogP contribution is -2.42. The molecule has 3 nitrogen and oxygen atoms in total. The van der Waals surface area contributed by atoms with E-state index in [1.165, 1.54) is 6.42 Å². The minimum atomic E-state index is -0.00602. The van der Waals surface area contributed by atoms with Crippen LogP contribution in [-0.2, 0) is 9.53 Å². The molecule has 0 aromatic carbocycles. The van der Waals surface area contributed by atoms with Gasteiger partial charge in [-0.1, -0.05) is 0 Å². The zero-order chi connectivity index (χ0) is 13.0. The van der Waals surface area contributed by atoms with Crippen LogP contribution in [0.4, 0.5) is 0 Å². The Kier molecular flexibility index (Phi) is 4.81. The summed E-state index contributed by atoms with van der Waals surface area (Å²) in [6, 6.07) is 0.523. The summed E-state index contributed by atoms with van der Waals surface area (Å²) in [5.74, 6) is 0.977. The van der Waals surface area contributed by atoms with Crippen molar-refractivity contribution in [1.29, 1.82) is 0 Å². The zero-order valence-corrected chi connectivity index (χ0v) is 11.7. The molecule has 1 fully saturated rings. The topological polar surface area (TPSA) is 29.5 Å². The molecule has 0 bridgehead atoms. The summed E-state index contributed by atoms with van der Waals surface area (Å²) in [6.07, 6.45) is 8.56. The summed E-state index contributed by atoms with van der Waals surface area (Å²) in [5.41, 5.74) is 0. The Morgan fingerprint density at radius 3 is 2.89 bits per heavy atom. The molecule has 18 heavy (non-hydrogen) atoms. The molecule has 102 valence electrons. The van der Waals surface area contributed by atoms with Crippen molar-refractivity contribution in [2.24, 2.45) is 5.92 Å². The first kappa shape index (κ1) is 13.6. The zero-order valence-electron chi connectivity index (χ0n) is 11.7. The summed E-state index contributed by atoms with van der Waals surface area (Å²) >= 11 is 0. The number of likely N-dealkylation sites (tertiary alicyclic amines) is 1. The van der Waals surface area contributed by atoms with Crippen LogP contribution >= 0.6 is 0 Å². The Morgan fingerprint density at radius 2 is 2.22 bits per heavy atom. The third-order valence-corrected chi connectivity index (χ3v) is 4.00. The second kappa shape index (κ2) is 6.37. The smallest absolute Gasteiger partial charge is 0.315 e. The van der Waals surface area contributed by atoms with Gasteiger partial charge in [0.25, 0.3) is 0 Å².